The molecule has 0 fully saturated rings. The van der Waals surface area contributed by atoms with E-state index in [1.807, 2.05) is 29.3 Å². The van der Waals surface area contributed by atoms with Gasteiger partial charge in [-0.25, -0.2) is 4.98 Å². The lowest BCUT2D eigenvalue weighted by molar-refractivity contribution is 0.885. The van der Waals surface area contributed by atoms with E-state index in [4.69, 9.17) is 0 Å². The van der Waals surface area contributed by atoms with Gasteiger partial charge in [0.2, 0.25) is 0 Å². The lowest BCUT2D eigenvalue weighted by atomic mass is 10.2. The van der Waals surface area contributed by atoms with Crippen LogP contribution in [0.4, 0.5) is 0 Å². The molecule has 0 aliphatic carbocycles. The second kappa shape index (κ2) is 5.69. The number of thiazole rings is 1. The summed E-state index contributed by atoms with van der Waals surface area (Å²) in [6, 6.07) is 8.67. The fourth-order valence-corrected chi connectivity index (χ4v) is 3.26. The normalized spacial score (nSPS) is 11.1. The first kappa shape index (κ1) is 12.7. The van der Waals surface area contributed by atoms with Crippen LogP contribution in [0.15, 0.2) is 35.4 Å². The molecule has 0 aliphatic rings. The molecule has 0 unspecified atom stereocenters. The van der Waals surface area contributed by atoms with E-state index in [0.29, 0.717) is 5.92 Å². The first-order valence-electron chi connectivity index (χ1n) is 5.79. The molecule has 0 radical (unpaired) electrons. The largest absolute Gasteiger partial charge is 0.248 e. The quantitative estimate of drug-likeness (QED) is 0.730. The Morgan fingerprint density at radius 3 is 2.53 bits per heavy atom. The Hall–Kier alpha value is -0.800. The number of hydrogen-bond donors (Lipinski definition) is 0. The molecule has 0 amide bonds. The van der Waals surface area contributed by atoms with E-state index in [9.17, 15) is 0 Å². The highest BCUT2D eigenvalue weighted by molar-refractivity contribution is 7.98. The highest BCUT2D eigenvalue weighted by Crippen LogP contribution is 2.28. The minimum atomic E-state index is 0.589. The topological polar surface area (TPSA) is 12.9 Å². The number of benzene rings is 1. The summed E-state index contributed by atoms with van der Waals surface area (Å²) in [4.78, 5) is 7.16. The van der Waals surface area contributed by atoms with Crippen LogP contribution in [-0.4, -0.2) is 4.98 Å². The van der Waals surface area contributed by atoms with E-state index < -0.39 is 0 Å². The molecule has 0 spiro atoms. The van der Waals surface area contributed by atoms with Crippen molar-refractivity contribution >= 4 is 23.1 Å². The van der Waals surface area contributed by atoms with E-state index in [2.05, 4.69) is 50.0 Å². The van der Waals surface area contributed by atoms with Gasteiger partial charge in [-0.15, -0.1) is 23.1 Å². The van der Waals surface area contributed by atoms with Crippen molar-refractivity contribution in [1.29, 1.82) is 0 Å². The van der Waals surface area contributed by atoms with E-state index in [-0.39, 0.29) is 0 Å². The third-order valence-corrected chi connectivity index (χ3v) is 5.03. The van der Waals surface area contributed by atoms with Crippen molar-refractivity contribution in [3.63, 3.8) is 0 Å². The number of nitrogens with zero attached hydrogens (tertiary/aromatic N) is 1. The van der Waals surface area contributed by atoms with Crippen LogP contribution in [0.5, 0.6) is 0 Å². The molecular formula is C14H17NS2. The Labute approximate surface area is 111 Å². The summed E-state index contributed by atoms with van der Waals surface area (Å²) in [6.45, 7) is 6.54. The van der Waals surface area contributed by atoms with Crippen LogP contribution in [0.2, 0.25) is 0 Å². The smallest absolute Gasteiger partial charge is 0.103 e. The molecule has 1 aromatic heterocycles. The predicted molar refractivity (Wildman–Crippen MR) is 76.9 cm³/mol. The average molecular weight is 263 g/mol. The van der Waals surface area contributed by atoms with Gasteiger partial charge in [0.25, 0.3) is 0 Å². The molecular weight excluding hydrogens is 246 g/mol. The van der Waals surface area contributed by atoms with Gasteiger partial charge < -0.3 is 0 Å². The molecule has 1 heterocycles. The van der Waals surface area contributed by atoms with Crippen molar-refractivity contribution in [2.24, 2.45) is 0 Å². The molecule has 0 atom stereocenters. The molecule has 0 saturated heterocycles. The van der Waals surface area contributed by atoms with Crippen LogP contribution in [0, 0.1) is 6.92 Å². The molecule has 17 heavy (non-hydrogen) atoms. The van der Waals surface area contributed by atoms with Gasteiger partial charge in [-0.2, -0.15) is 0 Å². The monoisotopic (exact) mass is 263 g/mol. The van der Waals surface area contributed by atoms with Crippen molar-refractivity contribution in [3.05, 3.63) is 45.9 Å². The number of thioether (sulfide) groups is 1. The zero-order valence-electron chi connectivity index (χ0n) is 10.4. The standard InChI is InChI=1S/C14H17NS2/c1-10(2)13-8-15-14(17-13)9-16-12-6-4-11(3)5-7-12/h4-8,10H,9H2,1-3H3. The molecule has 0 saturated carbocycles. The molecule has 0 aliphatic heterocycles. The van der Waals surface area contributed by atoms with Crippen molar-refractivity contribution in [1.82, 2.24) is 4.98 Å². The van der Waals surface area contributed by atoms with Gasteiger partial charge in [0.15, 0.2) is 0 Å². The van der Waals surface area contributed by atoms with Gasteiger partial charge in [0.1, 0.15) is 5.01 Å². The maximum Gasteiger partial charge on any atom is 0.103 e. The fraction of sp³-hybridized carbons (Fsp3) is 0.357. The van der Waals surface area contributed by atoms with Crippen LogP contribution >= 0.6 is 23.1 Å². The Morgan fingerprint density at radius 2 is 1.94 bits per heavy atom. The highest BCUT2D eigenvalue weighted by atomic mass is 32.2. The van der Waals surface area contributed by atoms with Crippen molar-refractivity contribution in [2.75, 3.05) is 0 Å². The van der Waals surface area contributed by atoms with Crippen LogP contribution in [0.25, 0.3) is 0 Å². The Morgan fingerprint density at radius 1 is 1.24 bits per heavy atom. The second-order valence-electron chi connectivity index (χ2n) is 4.41. The van der Waals surface area contributed by atoms with Gasteiger partial charge in [-0.05, 0) is 25.0 Å². The number of hydrogen-bond acceptors (Lipinski definition) is 3. The van der Waals surface area contributed by atoms with Crippen molar-refractivity contribution in [2.45, 2.75) is 37.3 Å². The maximum atomic E-state index is 4.47. The van der Waals surface area contributed by atoms with Crippen LogP contribution in [0.3, 0.4) is 0 Å². The first-order chi connectivity index (χ1) is 8.15. The van der Waals surface area contributed by atoms with E-state index in [0.717, 1.165) is 5.75 Å². The minimum Gasteiger partial charge on any atom is -0.248 e. The third-order valence-electron chi connectivity index (χ3n) is 2.52. The maximum absolute atomic E-state index is 4.47. The number of aryl methyl sites for hydroxylation is 1. The summed E-state index contributed by atoms with van der Waals surface area (Å²) >= 11 is 3.69. The molecule has 0 N–H and O–H groups in total. The summed E-state index contributed by atoms with van der Waals surface area (Å²) in [5.41, 5.74) is 1.31. The lowest BCUT2D eigenvalue weighted by Crippen LogP contribution is -1.78. The summed E-state index contributed by atoms with van der Waals surface area (Å²) in [5, 5.41) is 1.22. The van der Waals surface area contributed by atoms with Crippen molar-refractivity contribution < 1.29 is 0 Å². The lowest BCUT2D eigenvalue weighted by Gasteiger charge is -2.00. The molecule has 90 valence electrons. The van der Waals surface area contributed by atoms with Gasteiger partial charge in [-0.1, -0.05) is 31.5 Å². The summed E-state index contributed by atoms with van der Waals surface area (Å²) in [6.07, 6.45) is 2.01. The highest BCUT2D eigenvalue weighted by Gasteiger charge is 2.05. The third kappa shape index (κ3) is 3.58. The van der Waals surface area contributed by atoms with Gasteiger partial charge in [0.05, 0.1) is 5.75 Å². The minimum absolute atomic E-state index is 0.589. The predicted octanol–water partition coefficient (Wildman–Crippen LogP) is 4.87. The summed E-state index contributed by atoms with van der Waals surface area (Å²) in [5.74, 6) is 1.56. The molecule has 0 bridgehead atoms. The summed E-state index contributed by atoms with van der Waals surface area (Å²) < 4.78 is 0. The van der Waals surface area contributed by atoms with E-state index >= 15 is 0 Å². The zero-order chi connectivity index (χ0) is 12.3. The zero-order valence-corrected chi connectivity index (χ0v) is 12.1. The molecule has 2 rings (SSSR count). The van der Waals surface area contributed by atoms with Gasteiger partial charge >= 0.3 is 0 Å². The Balaban J connectivity index is 1.95. The fourth-order valence-electron chi connectivity index (χ4n) is 1.44. The molecule has 1 aromatic carbocycles. The molecule has 3 heteroatoms. The first-order valence-corrected chi connectivity index (χ1v) is 7.59. The number of aromatic nitrogens is 1. The van der Waals surface area contributed by atoms with E-state index in [1.54, 1.807) is 0 Å². The average Bonchev–Trinajstić information content (AvgIpc) is 2.77. The van der Waals surface area contributed by atoms with Crippen molar-refractivity contribution in [3.8, 4) is 0 Å². The Kier molecular flexibility index (Phi) is 4.24. The number of rotatable bonds is 4. The molecule has 1 nitrogen and oxygen atoms in total. The Bertz CT molecular complexity index is 471. The van der Waals surface area contributed by atoms with Gasteiger partial charge in [-0.3, -0.25) is 0 Å². The molecule has 2 aromatic rings. The SMILES string of the molecule is Cc1ccc(SCc2ncc(C(C)C)s2)cc1. The summed E-state index contributed by atoms with van der Waals surface area (Å²) in [7, 11) is 0. The second-order valence-corrected chi connectivity index (χ2v) is 6.61. The van der Waals surface area contributed by atoms with E-state index in [1.165, 1.54) is 20.3 Å². The van der Waals surface area contributed by atoms with Crippen LogP contribution in [0.1, 0.15) is 35.2 Å². The van der Waals surface area contributed by atoms with Crippen LogP contribution in [-0.2, 0) is 5.75 Å². The van der Waals surface area contributed by atoms with Crippen LogP contribution < -0.4 is 0 Å². The van der Waals surface area contributed by atoms with Gasteiger partial charge in [0, 0.05) is 16.0 Å².